The van der Waals surface area contributed by atoms with Gasteiger partial charge in [-0.25, -0.2) is 13.2 Å². The molecule has 0 bridgehead atoms. The average Bonchev–Trinajstić information content (AvgIpc) is 2.67. The highest BCUT2D eigenvalue weighted by atomic mass is 35.5. The van der Waals surface area contributed by atoms with Crippen molar-refractivity contribution in [1.29, 1.82) is 0 Å². The minimum atomic E-state index is -3.83. The van der Waals surface area contributed by atoms with E-state index >= 15 is 0 Å². The molecule has 0 saturated carbocycles. The lowest BCUT2D eigenvalue weighted by atomic mass is 10.2. The van der Waals surface area contributed by atoms with E-state index in [1.807, 2.05) is 0 Å². The highest BCUT2D eigenvalue weighted by Crippen LogP contribution is 2.26. The number of halogens is 1. The van der Waals surface area contributed by atoms with Crippen LogP contribution >= 0.6 is 11.6 Å². The summed E-state index contributed by atoms with van der Waals surface area (Å²) in [6.07, 6.45) is 0. The molecular formula is C17H23ClN2O6S. The Labute approximate surface area is 164 Å². The van der Waals surface area contributed by atoms with Crippen molar-refractivity contribution in [3.63, 3.8) is 0 Å². The van der Waals surface area contributed by atoms with Gasteiger partial charge in [-0.05, 0) is 18.2 Å². The zero-order valence-electron chi connectivity index (χ0n) is 15.3. The molecule has 1 aromatic carbocycles. The Bertz CT molecular complexity index is 789. The quantitative estimate of drug-likeness (QED) is 0.621. The van der Waals surface area contributed by atoms with Gasteiger partial charge in [0.2, 0.25) is 10.0 Å². The van der Waals surface area contributed by atoms with Crippen LogP contribution in [0.5, 0.6) is 0 Å². The van der Waals surface area contributed by atoms with Gasteiger partial charge in [-0.15, -0.1) is 0 Å². The standard InChI is InChI=1S/C17H23ClN2O6S/c1-3-20(4-2)27(23,24)15-11-13(5-6-14(15)18)17(22)26-12-16(21)19-7-9-25-10-8-19/h5-6,11H,3-4,7-10,12H2,1-2H3. The number of sulfonamides is 1. The van der Waals surface area contributed by atoms with Crippen LogP contribution in [0, 0.1) is 0 Å². The molecule has 0 spiro atoms. The van der Waals surface area contributed by atoms with Gasteiger partial charge in [0.05, 0.1) is 23.8 Å². The molecule has 0 aromatic heterocycles. The highest BCUT2D eigenvalue weighted by Gasteiger charge is 2.26. The Morgan fingerprint density at radius 2 is 1.85 bits per heavy atom. The molecule has 1 saturated heterocycles. The van der Waals surface area contributed by atoms with Crippen LogP contribution in [0.2, 0.25) is 5.02 Å². The van der Waals surface area contributed by atoms with Crippen LogP contribution in [0.1, 0.15) is 24.2 Å². The van der Waals surface area contributed by atoms with Gasteiger partial charge < -0.3 is 14.4 Å². The summed E-state index contributed by atoms with van der Waals surface area (Å²) in [6.45, 7) is 5.35. The number of rotatable bonds is 7. The van der Waals surface area contributed by atoms with E-state index in [0.717, 1.165) is 0 Å². The van der Waals surface area contributed by atoms with Crippen molar-refractivity contribution in [2.24, 2.45) is 0 Å². The smallest absolute Gasteiger partial charge is 0.338 e. The molecule has 8 nitrogen and oxygen atoms in total. The van der Waals surface area contributed by atoms with Crippen molar-refractivity contribution in [2.45, 2.75) is 18.7 Å². The normalized spacial score (nSPS) is 15.0. The Morgan fingerprint density at radius 3 is 2.44 bits per heavy atom. The number of nitrogens with zero attached hydrogens (tertiary/aromatic N) is 2. The second kappa shape index (κ2) is 9.50. The van der Waals surface area contributed by atoms with Crippen molar-refractivity contribution in [3.05, 3.63) is 28.8 Å². The summed E-state index contributed by atoms with van der Waals surface area (Å²) in [5.41, 5.74) is 0.0138. The molecule has 2 rings (SSSR count). The summed E-state index contributed by atoms with van der Waals surface area (Å²) >= 11 is 6.04. The molecule has 1 amide bonds. The Morgan fingerprint density at radius 1 is 1.22 bits per heavy atom. The van der Waals surface area contributed by atoms with Crippen molar-refractivity contribution < 1.29 is 27.5 Å². The predicted octanol–water partition coefficient (Wildman–Crippen LogP) is 1.39. The fraction of sp³-hybridized carbons (Fsp3) is 0.529. The van der Waals surface area contributed by atoms with E-state index in [9.17, 15) is 18.0 Å². The molecule has 10 heteroatoms. The lowest BCUT2D eigenvalue weighted by molar-refractivity contribution is -0.138. The van der Waals surface area contributed by atoms with E-state index in [4.69, 9.17) is 21.1 Å². The van der Waals surface area contributed by atoms with Crippen LogP contribution in [-0.2, 0) is 24.3 Å². The molecule has 0 unspecified atom stereocenters. The van der Waals surface area contributed by atoms with Gasteiger partial charge in [-0.1, -0.05) is 25.4 Å². The number of ether oxygens (including phenoxy) is 2. The third-order valence-corrected chi connectivity index (χ3v) is 6.71. The van der Waals surface area contributed by atoms with E-state index in [2.05, 4.69) is 0 Å². The predicted molar refractivity (Wildman–Crippen MR) is 99.2 cm³/mol. The lowest BCUT2D eigenvalue weighted by Crippen LogP contribution is -2.42. The van der Waals surface area contributed by atoms with Crippen LogP contribution in [0.15, 0.2) is 23.1 Å². The largest absolute Gasteiger partial charge is 0.452 e. The monoisotopic (exact) mass is 418 g/mol. The Balaban J connectivity index is 2.12. The van der Waals surface area contributed by atoms with E-state index in [0.29, 0.717) is 26.3 Å². The number of hydrogen-bond donors (Lipinski definition) is 0. The summed E-state index contributed by atoms with van der Waals surface area (Å²) < 4.78 is 36.8. The molecule has 1 heterocycles. The maximum absolute atomic E-state index is 12.7. The van der Waals surface area contributed by atoms with Crippen molar-refractivity contribution >= 4 is 33.5 Å². The number of benzene rings is 1. The minimum absolute atomic E-state index is 0.0138. The maximum atomic E-state index is 12.7. The molecule has 27 heavy (non-hydrogen) atoms. The molecular weight excluding hydrogens is 396 g/mol. The molecule has 0 N–H and O–H groups in total. The van der Waals surface area contributed by atoms with Crippen LogP contribution in [0.4, 0.5) is 0 Å². The van der Waals surface area contributed by atoms with Gasteiger partial charge in [0, 0.05) is 26.2 Å². The summed E-state index contributed by atoms with van der Waals surface area (Å²) in [5, 5.41) is 0.0165. The topological polar surface area (TPSA) is 93.2 Å². The van der Waals surface area contributed by atoms with Crippen LogP contribution < -0.4 is 0 Å². The summed E-state index contributed by atoms with van der Waals surface area (Å²) in [7, 11) is -3.83. The van der Waals surface area contributed by atoms with Gasteiger partial charge >= 0.3 is 5.97 Å². The second-order valence-corrected chi connectivity index (χ2v) is 8.12. The first-order valence-corrected chi connectivity index (χ1v) is 10.4. The average molecular weight is 419 g/mol. The molecule has 0 aliphatic carbocycles. The molecule has 1 aliphatic heterocycles. The third kappa shape index (κ3) is 5.19. The Kier molecular flexibility index (Phi) is 7.60. The highest BCUT2D eigenvalue weighted by molar-refractivity contribution is 7.89. The van der Waals surface area contributed by atoms with E-state index in [-0.39, 0.29) is 34.5 Å². The first-order chi connectivity index (χ1) is 12.8. The Hall–Kier alpha value is -1.68. The van der Waals surface area contributed by atoms with Gasteiger partial charge in [0.15, 0.2) is 6.61 Å². The van der Waals surface area contributed by atoms with E-state index in [1.54, 1.807) is 18.7 Å². The fourth-order valence-electron chi connectivity index (χ4n) is 2.65. The van der Waals surface area contributed by atoms with Gasteiger partial charge in [-0.3, -0.25) is 4.79 Å². The van der Waals surface area contributed by atoms with Crippen LogP contribution in [-0.4, -0.2) is 75.5 Å². The van der Waals surface area contributed by atoms with Gasteiger partial charge in [0.1, 0.15) is 4.90 Å². The molecule has 1 aliphatic rings. The first kappa shape index (κ1) is 21.6. The molecule has 150 valence electrons. The molecule has 0 radical (unpaired) electrons. The molecule has 1 aromatic rings. The van der Waals surface area contributed by atoms with E-state index < -0.39 is 22.6 Å². The van der Waals surface area contributed by atoms with Crippen molar-refractivity contribution in [3.8, 4) is 0 Å². The van der Waals surface area contributed by atoms with Gasteiger partial charge in [-0.2, -0.15) is 4.31 Å². The SMILES string of the molecule is CCN(CC)S(=O)(=O)c1cc(C(=O)OCC(=O)N2CCOCC2)ccc1Cl. The summed E-state index contributed by atoms with van der Waals surface area (Å²) in [4.78, 5) is 25.7. The number of morpholine rings is 1. The van der Waals surface area contributed by atoms with Gasteiger partial charge in [0.25, 0.3) is 5.91 Å². The number of esters is 1. The number of carbonyl (C=O) groups is 2. The maximum Gasteiger partial charge on any atom is 0.338 e. The van der Waals surface area contributed by atoms with Crippen LogP contribution in [0.25, 0.3) is 0 Å². The summed E-state index contributed by atoms with van der Waals surface area (Å²) in [5.74, 6) is -1.11. The number of carbonyl (C=O) groups excluding carboxylic acids is 2. The third-order valence-electron chi connectivity index (χ3n) is 4.18. The minimum Gasteiger partial charge on any atom is -0.452 e. The van der Waals surface area contributed by atoms with Crippen molar-refractivity contribution in [1.82, 2.24) is 9.21 Å². The fourth-order valence-corrected chi connectivity index (χ4v) is 4.60. The van der Waals surface area contributed by atoms with Crippen molar-refractivity contribution in [2.75, 3.05) is 46.0 Å². The summed E-state index contributed by atoms with van der Waals surface area (Å²) in [6, 6.07) is 3.88. The second-order valence-electron chi connectivity index (χ2n) is 5.80. The number of hydrogen-bond acceptors (Lipinski definition) is 6. The number of amides is 1. The molecule has 1 fully saturated rings. The zero-order chi connectivity index (χ0) is 20.0. The zero-order valence-corrected chi connectivity index (χ0v) is 16.9. The van der Waals surface area contributed by atoms with E-state index in [1.165, 1.54) is 22.5 Å². The molecule has 0 atom stereocenters. The van der Waals surface area contributed by atoms with Crippen LogP contribution in [0.3, 0.4) is 0 Å². The lowest BCUT2D eigenvalue weighted by Gasteiger charge is -2.26. The first-order valence-electron chi connectivity index (χ1n) is 8.63.